The van der Waals surface area contributed by atoms with Crippen LogP contribution in [0.25, 0.3) is 0 Å². The third-order valence-corrected chi connectivity index (χ3v) is 8.06. The van der Waals surface area contributed by atoms with Gasteiger partial charge in [0.05, 0.1) is 5.56 Å². The number of nitrogens with one attached hydrogen (secondary N) is 1. The molecule has 1 amide bonds. The molecule has 0 radical (unpaired) electrons. The maximum absolute atomic E-state index is 14.5. The van der Waals surface area contributed by atoms with Crippen molar-refractivity contribution in [3.05, 3.63) is 93.5 Å². The number of fused-ring (bicyclic) bond motifs is 4. The van der Waals surface area contributed by atoms with Crippen LogP contribution in [0.1, 0.15) is 27.4 Å². The number of carbonyl (C=O) groups excluding carboxylic acids is 2. The second-order valence-electron chi connectivity index (χ2n) is 8.89. The van der Waals surface area contributed by atoms with Crippen molar-refractivity contribution in [2.75, 3.05) is 25.5 Å². The first kappa shape index (κ1) is 20.7. The molecule has 3 aliphatic rings. The Labute approximate surface area is 201 Å². The number of Topliss-reactive ketones (excluding diaryl/α,β-unsaturated/α-hetero) is 1. The summed E-state index contributed by atoms with van der Waals surface area (Å²) in [6.07, 6.45) is 0. The van der Waals surface area contributed by atoms with Crippen LogP contribution in [0.15, 0.2) is 66.7 Å². The number of nitrogens with zero attached hydrogens (tertiary/aromatic N) is 1. The molecule has 1 fully saturated rings. The highest BCUT2D eigenvalue weighted by Gasteiger charge is 2.75. The molecule has 0 aliphatic carbocycles. The van der Waals surface area contributed by atoms with E-state index in [4.69, 9.17) is 27.9 Å². The van der Waals surface area contributed by atoms with Gasteiger partial charge in [0.25, 0.3) is 5.91 Å². The van der Waals surface area contributed by atoms with Crippen LogP contribution in [-0.4, -0.2) is 36.8 Å². The molecule has 166 valence electrons. The number of rotatable bonds is 1. The highest BCUT2D eigenvalue weighted by atomic mass is 35.5. The lowest BCUT2D eigenvalue weighted by molar-refractivity contribution is -0.131. The monoisotopic (exact) mass is 478 g/mol. The quantitative estimate of drug-likeness (QED) is 0.526. The number of benzene rings is 3. The molecule has 3 aromatic rings. The van der Waals surface area contributed by atoms with Crippen LogP contribution in [0.3, 0.4) is 0 Å². The second kappa shape index (κ2) is 7.07. The van der Waals surface area contributed by atoms with Crippen molar-refractivity contribution in [1.29, 1.82) is 0 Å². The number of amides is 1. The van der Waals surface area contributed by atoms with Gasteiger partial charge in [0, 0.05) is 33.8 Å². The Hall–Kier alpha value is -2.86. The van der Waals surface area contributed by atoms with E-state index in [0.717, 1.165) is 11.1 Å². The number of halogens is 2. The average molecular weight is 479 g/mol. The number of hydrogen-bond donors (Lipinski definition) is 1. The molecular formula is C26H20Cl2N2O3. The van der Waals surface area contributed by atoms with Crippen LogP contribution in [-0.2, 0) is 10.3 Å². The number of likely N-dealkylation sites (N-methyl/N-ethyl adjacent to an activating group) is 1. The molecule has 0 aromatic heterocycles. The summed E-state index contributed by atoms with van der Waals surface area (Å²) < 4.78 is 6.25. The predicted octanol–water partition coefficient (Wildman–Crippen LogP) is 5.13. The molecular weight excluding hydrogens is 459 g/mol. The van der Waals surface area contributed by atoms with Crippen LogP contribution in [0.5, 0.6) is 5.75 Å². The fraction of sp³-hybridized carbons (Fsp3) is 0.231. The van der Waals surface area contributed by atoms with Gasteiger partial charge in [-0.3, -0.25) is 14.5 Å². The molecule has 1 N–H and O–H groups in total. The summed E-state index contributed by atoms with van der Waals surface area (Å²) in [5, 5.41) is 4.01. The predicted molar refractivity (Wildman–Crippen MR) is 127 cm³/mol. The van der Waals surface area contributed by atoms with E-state index in [1.165, 1.54) is 0 Å². The lowest BCUT2D eigenvalue weighted by Crippen LogP contribution is -2.62. The fourth-order valence-corrected chi connectivity index (χ4v) is 6.72. The molecule has 5 nitrogen and oxygen atoms in total. The topological polar surface area (TPSA) is 58.6 Å². The largest absolute Gasteiger partial charge is 0.492 e. The number of hydrogen-bond acceptors (Lipinski definition) is 4. The zero-order chi connectivity index (χ0) is 23.0. The fourth-order valence-electron chi connectivity index (χ4n) is 6.18. The third-order valence-electron chi connectivity index (χ3n) is 7.49. The van der Waals surface area contributed by atoms with Gasteiger partial charge < -0.3 is 10.1 Å². The molecule has 3 aromatic carbocycles. The number of para-hydroxylation sites is 2. The van der Waals surface area contributed by atoms with E-state index in [1.807, 2.05) is 54.4 Å². The highest BCUT2D eigenvalue weighted by molar-refractivity contribution is 6.35. The molecule has 33 heavy (non-hydrogen) atoms. The molecule has 1 saturated heterocycles. The normalized spacial score (nSPS) is 28.0. The van der Waals surface area contributed by atoms with E-state index < -0.39 is 16.9 Å². The summed E-state index contributed by atoms with van der Waals surface area (Å²) in [6.45, 7) is 0.499. The first-order valence-corrected chi connectivity index (χ1v) is 11.5. The SMILES string of the molecule is CN1CC(c2ccc(Cl)cc2Cl)C2(COc3ccccc3C2=O)C12C(=O)Nc1ccccc12. The molecule has 0 bridgehead atoms. The Morgan fingerprint density at radius 2 is 1.79 bits per heavy atom. The average Bonchev–Trinajstić information content (AvgIpc) is 3.25. The van der Waals surface area contributed by atoms with Gasteiger partial charge in [0.1, 0.15) is 23.3 Å². The summed E-state index contributed by atoms with van der Waals surface area (Å²) in [7, 11) is 1.89. The smallest absolute Gasteiger partial charge is 0.250 e. The van der Waals surface area contributed by atoms with Gasteiger partial charge in [0.15, 0.2) is 5.78 Å². The van der Waals surface area contributed by atoms with Crippen molar-refractivity contribution in [3.8, 4) is 5.75 Å². The van der Waals surface area contributed by atoms with Gasteiger partial charge in [-0.2, -0.15) is 0 Å². The van der Waals surface area contributed by atoms with Gasteiger partial charge in [-0.1, -0.05) is 59.6 Å². The van der Waals surface area contributed by atoms with E-state index in [2.05, 4.69) is 5.32 Å². The first-order valence-electron chi connectivity index (χ1n) is 10.7. The number of anilines is 1. The summed E-state index contributed by atoms with van der Waals surface area (Å²) in [5.41, 5.74) is 0.264. The molecule has 3 aliphatic heterocycles. The molecule has 7 heteroatoms. The Balaban J connectivity index is 1.68. The lowest BCUT2D eigenvalue weighted by atomic mass is 9.57. The van der Waals surface area contributed by atoms with Crippen LogP contribution >= 0.6 is 23.2 Å². The van der Waals surface area contributed by atoms with Crippen LogP contribution in [0.2, 0.25) is 10.0 Å². The van der Waals surface area contributed by atoms with E-state index >= 15 is 0 Å². The number of ether oxygens (including phenoxy) is 1. The van der Waals surface area contributed by atoms with Crippen molar-refractivity contribution >= 4 is 40.6 Å². The zero-order valence-electron chi connectivity index (χ0n) is 17.8. The minimum absolute atomic E-state index is 0.0541. The van der Waals surface area contributed by atoms with Crippen LogP contribution in [0, 0.1) is 5.41 Å². The van der Waals surface area contributed by atoms with Crippen molar-refractivity contribution in [3.63, 3.8) is 0 Å². The standard InChI is InChI=1S/C26H20Cl2N2O3/c1-30-13-19(16-11-10-15(27)12-20(16)28)25(14-33-22-9-5-2-6-17(22)23(25)31)26(30)18-7-3-4-8-21(18)29-24(26)32/h2-12,19H,13-14H2,1H3,(H,29,32). The molecule has 2 spiro atoms. The van der Waals surface area contributed by atoms with Crippen molar-refractivity contribution in [1.82, 2.24) is 4.90 Å². The summed E-state index contributed by atoms with van der Waals surface area (Å²) in [6, 6.07) is 20.1. The van der Waals surface area contributed by atoms with Gasteiger partial charge in [-0.25, -0.2) is 0 Å². The van der Waals surface area contributed by atoms with E-state index in [9.17, 15) is 9.59 Å². The van der Waals surface area contributed by atoms with Crippen molar-refractivity contribution < 1.29 is 14.3 Å². The van der Waals surface area contributed by atoms with E-state index in [-0.39, 0.29) is 18.3 Å². The minimum Gasteiger partial charge on any atom is -0.492 e. The Bertz CT molecular complexity index is 1340. The summed E-state index contributed by atoms with van der Waals surface area (Å²) in [4.78, 5) is 30.4. The zero-order valence-corrected chi connectivity index (χ0v) is 19.3. The van der Waals surface area contributed by atoms with Gasteiger partial charge in [0.2, 0.25) is 0 Å². The molecule has 3 heterocycles. The third kappa shape index (κ3) is 2.47. The molecule has 3 unspecified atom stereocenters. The molecule has 3 atom stereocenters. The van der Waals surface area contributed by atoms with E-state index in [1.54, 1.807) is 24.3 Å². The summed E-state index contributed by atoms with van der Waals surface area (Å²) >= 11 is 12.9. The number of likely N-dealkylation sites (tertiary alicyclic amines) is 1. The number of ketones is 1. The minimum atomic E-state index is -1.25. The summed E-state index contributed by atoms with van der Waals surface area (Å²) in [5.74, 6) is -0.206. The van der Waals surface area contributed by atoms with Crippen LogP contribution in [0.4, 0.5) is 5.69 Å². The molecule has 0 saturated carbocycles. The lowest BCUT2D eigenvalue weighted by Gasteiger charge is -2.47. The Morgan fingerprint density at radius 1 is 1.03 bits per heavy atom. The van der Waals surface area contributed by atoms with Crippen LogP contribution < -0.4 is 10.1 Å². The van der Waals surface area contributed by atoms with Gasteiger partial charge in [-0.15, -0.1) is 0 Å². The van der Waals surface area contributed by atoms with E-state index in [0.29, 0.717) is 33.6 Å². The Kier molecular flexibility index (Phi) is 4.44. The van der Waals surface area contributed by atoms with Crippen molar-refractivity contribution in [2.45, 2.75) is 11.5 Å². The Morgan fingerprint density at radius 3 is 2.61 bits per heavy atom. The van der Waals surface area contributed by atoms with Gasteiger partial charge in [-0.05, 0) is 42.9 Å². The second-order valence-corrected chi connectivity index (χ2v) is 9.74. The maximum Gasteiger partial charge on any atom is 0.250 e. The molecule has 6 rings (SSSR count). The highest BCUT2D eigenvalue weighted by Crippen LogP contribution is 2.65. The number of carbonyl (C=O) groups is 2. The van der Waals surface area contributed by atoms with Crippen molar-refractivity contribution in [2.24, 2.45) is 5.41 Å². The first-order chi connectivity index (χ1) is 15.9. The van der Waals surface area contributed by atoms with Gasteiger partial charge >= 0.3 is 0 Å². The maximum atomic E-state index is 14.5.